The highest BCUT2D eigenvalue weighted by Crippen LogP contribution is 2.19. The van der Waals surface area contributed by atoms with E-state index in [4.69, 9.17) is 0 Å². The van der Waals surface area contributed by atoms with E-state index >= 15 is 0 Å². The molecule has 0 aliphatic carbocycles. The van der Waals surface area contributed by atoms with Crippen LogP contribution in [-0.4, -0.2) is 15.3 Å². The van der Waals surface area contributed by atoms with Gasteiger partial charge in [-0.15, -0.1) is 11.3 Å². The van der Waals surface area contributed by atoms with Gasteiger partial charge in [0.25, 0.3) is 5.91 Å². The van der Waals surface area contributed by atoms with E-state index in [0.29, 0.717) is 5.69 Å². The van der Waals surface area contributed by atoms with Crippen molar-refractivity contribution in [3.63, 3.8) is 0 Å². The van der Waals surface area contributed by atoms with Gasteiger partial charge in [0.05, 0.1) is 0 Å². The maximum atomic E-state index is 12.3. The summed E-state index contributed by atoms with van der Waals surface area (Å²) in [5, 5.41) is 4.76. The molecular weight excluding hydrogens is 258 g/mol. The van der Waals surface area contributed by atoms with Crippen LogP contribution >= 0.6 is 11.3 Å². The Hall–Kier alpha value is -2.14. The molecule has 0 unspecified atom stereocenters. The molecule has 0 bridgehead atoms. The van der Waals surface area contributed by atoms with Crippen LogP contribution in [0.25, 0.3) is 4.96 Å². The average molecular weight is 271 g/mol. The van der Waals surface area contributed by atoms with Crippen molar-refractivity contribution >= 4 is 27.9 Å². The SMILES string of the molecule is Cc1ccc(NC(=O)c2csc3nccn23)c(C)c1. The molecule has 3 aromatic rings. The minimum Gasteiger partial charge on any atom is -0.320 e. The number of rotatable bonds is 2. The first-order valence-electron chi connectivity index (χ1n) is 5.94. The molecule has 0 spiro atoms. The molecule has 96 valence electrons. The Kier molecular flexibility index (Phi) is 2.83. The van der Waals surface area contributed by atoms with Gasteiger partial charge in [0, 0.05) is 23.5 Å². The van der Waals surface area contributed by atoms with Gasteiger partial charge in [-0.3, -0.25) is 9.20 Å². The summed E-state index contributed by atoms with van der Waals surface area (Å²) < 4.78 is 1.80. The number of carbonyl (C=O) groups is 1. The minimum absolute atomic E-state index is 0.115. The first-order chi connectivity index (χ1) is 9.15. The molecule has 0 aliphatic rings. The van der Waals surface area contributed by atoms with E-state index < -0.39 is 0 Å². The Labute approximate surface area is 114 Å². The smallest absolute Gasteiger partial charge is 0.273 e. The van der Waals surface area contributed by atoms with Crippen molar-refractivity contribution in [3.8, 4) is 0 Å². The minimum atomic E-state index is -0.115. The van der Waals surface area contributed by atoms with E-state index in [1.807, 2.05) is 31.4 Å². The molecule has 0 radical (unpaired) electrons. The monoisotopic (exact) mass is 271 g/mol. The van der Waals surface area contributed by atoms with Crippen molar-refractivity contribution in [2.24, 2.45) is 0 Å². The van der Waals surface area contributed by atoms with Crippen molar-refractivity contribution in [2.45, 2.75) is 13.8 Å². The summed E-state index contributed by atoms with van der Waals surface area (Å²) in [4.78, 5) is 17.3. The maximum absolute atomic E-state index is 12.3. The van der Waals surface area contributed by atoms with E-state index in [-0.39, 0.29) is 5.91 Å². The first-order valence-corrected chi connectivity index (χ1v) is 6.82. The number of imidazole rings is 1. The molecule has 2 heterocycles. The lowest BCUT2D eigenvalue weighted by atomic mass is 10.1. The summed E-state index contributed by atoms with van der Waals surface area (Å²) >= 11 is 1.46. The highest BCUT2D eigenvalue weighted by Gasteiger charge is 2.13. The Bertz CT molecular complexity index is 757. The van der Waals surface area contributed by atoms with Gasteiger partial charge in [0.1, 0.15) is 5.69 Å². The Balaban J connectivity index is 1.91. The number of benzene rings is 1. The molecule has 1 amide bonds. The van der Waals surface area contributed by atoms with Gasteiger partial charge in [-0.1, -0.05) is 17.7 Å². The second-order valence-corrected chi connectivity index (χ2v) is 5.31. The molecule has 3 rings (SSSR count). The van der Waals surface area contributed by atoms with Gasteiger partial charge in [0.2, 0.25) is 0 Å². The molecule has 0 saturated carbocycles. The number of hydrogen-bond donors (Lipinski definition) is 1. The molecule has 0 fully saturated rings. The van der Waals surface area contributed by atoms with Gasteiger partial charge in [-0.25, -0.2) is 4.98 Å². The number of aromatic nitrogens is 2. The van der Waals surface area contributed by atoms with Crippen molar-refractivity contribution in [1.29, 1.82) is 0 Å². The average Bonchev–Trinajstić information content (AvgIpc) is 2.94. The summed E-state index contributed by atoms with van der Waals surface area (Å²) in [5.41, 5.74) is 3.70. The highest BCUT2D eigenvalue weighted by atomic mass is 32.1. The highest BCUT2D eigenvalue weighted by molar-refractivity contribution is 7.15. The van der Waals surface area contributed by atoms with E-state index in [9.17, 15) is 4.79 Å². The van der Waals surface area contributed by atoms with Crippen molar-refractivity contribution in [1.82, 2.24) is 9.38 Å². The molecule has 2 aromatic heterocycles. The number of nitrogens with zero attached hydrogens (tertiary/aromatic N) is 2. The number of amides is 1. The summed E-state index contributed by atoms with van der Waals surface area (Å²) in [6, 6.07) is 5.97. The molecule has 0 saturated heterocycles. The van der Waals surface area contributed by atoms with Crippen LogP contribution < -0.4 is 5.32 Å². The van der Waals surface area contributed by atoms with Crippen molar-refractivity contribution in [2.75, 3.05) is 5.32 Å². The van der Waals surface area contributed by atoms with Crippen LogP contribution in [-0.2, 0) is 0 Å². The van der Waals surface area contributed by atoms with Crippen LogP contribution in [0.5, 0.6) is 0 Å². The van der Waals surface area contributed by atoms with Crippen LogP contribution in [0.15, 0.2) is 36.0 Å². The second kappa shape index (κ2) is 4.51. The molecule has 4 nitrogen and oxygen atoms in total. The first kappa shape index (κ1) is 11.9. The van der Waals surface area contributed by atoms with E-state index in [2.05, 4.69) is 16.4 Å². The van der Waals surface area contributed by atoms with Gasteiger partial charge in [0.15, 0.2) is 4.96 Å². The lowest BCUT2D eigenvalue weighted by molar-refractivity contribution is 0.102. The number of anilines is 1. The Morgan fingerprint density at radius 1 is 1.37 bits per heavy atom. The maximum Gasteiger partial charge on any atom is 0.273 e. The zero-order valence-corrected chi connectivity index (χ0v) is 11.5. The molecule has 5 heteroatoms. The fourth-order valence-corrected chi connectivity index (χ4v) is 2.86. The lowest BCUT2D eigenvalue weighted by Gasteiger charge is -2.08. The predicted octanol–water partition coefficient (Wildman–Crippen LogP) is 3.26. The third-order valence-corrected chi connectivity index (χ3v) is 3.86. The summed E-state index contributed by atoms with van der Waals surface area (Å²) in [6.07, 6.45) is 3.49. The zero-order valence-electron chi connectivity index (χ0n) is 10.7. The molecule has 1 N–H and O–H groups in total. The van der Waals surface area contributed by atoms with Crippen LogP contribution in [0.4, 0.5) is 5.69 Å². The topological polar surface area (TPSA) is 46.4 Å². The largest absolute Gasteiger partial charge is 0.320 e. The molecular formula is C14H13N3OS. The zero-order chi connectivity index (χ0) is 13.4. The number of fused-ring (bicyclic) bond motifs is 1. The van der Waals surface area contributed by atoms with Crippen LogP contribution in [0.1, 0.15) is 21.6 Å². The van der Waals surface area contributed by atoms with E-state index in [0.717, 1.165) is 16.2 Å². The van der Waals surface area contributed by atoms with Crippen molar-refractivity contribution in [3.05, 3.63) is 52.8 Å². The number of aryl methyl sites for hydroxylation is 2. The second-order valence-electron chi connectivity index (χ2n) is 4.47. The lowest BCUT2D eigenvalue weighted by Crippen LogP contribution is -2.14. The molecule has 19 heavy (non-hydrogen) atoms. The molecule has 0 aliphatic heterocycles. The summed E-state index contributed by atoms with van der Waals surface area (Å²) in [7, 11) is 0. The third-order valence-electron chi connectivity index (χ3n) is 3.01. The normalized spacial score (nSPS) is 10.8. The Morgan fingerprint density at radius 3 is 3.00 bits per heavy atom. The molecule has 0 atom stereocenters. The summed E-state index contributed by atoms with van der Waals surface area (Å²) in [5.74, 6) is -0.115. The quantitative estimate of drug-likeness (QED) is 0.777. The van der Waals surface area contributed by atoms with Gasteiger partial charge in [-0.05, 0) is 25.5 Å². The third kappa shape index (κ3) is 2.13. The van der Waals surface area contributed by atoms with E-state index in [1.165, 1.54) is 16.9 Å². The number of hydrogen-bond acceptors (Lipinski definition) is 3. The van der Waals surface area contributed by atoms with Crippen LogP contribution in [0, 0.1) is 13.8 Å². The predicted molar refractivity (Wildman–Crippen MR) is 76.9 cm³/mol. The summed E-state index contributed by atoms with van der Waals surface area (Å²) in [6.45, 7) is 4.02. The van der Waals surface area contributed by atoms with Gasteiger partial charge < -0.3 is 5.32 Å². The number of carbonyl (C=O) groups excluding carboxylic acids is 1. The van der Waals surface area contributed by atoms with Crippen LogP contribution in [0.3, 0.4) is 0 Å². The number of nitrogens with one attached hydrogen (secondary N) is 1. The fourth-order valence-electron chi connectivity index (χ4n) is 2.03. The van der Waals surface area contributed by atoms with Crippen LogP contribution in [0.2, 0.25) is 0 Å². The van der Waals surface area contributed by atoms with E-state index in [1.54, 1.807) is 16.8 Å². The van der Waals surface area contributed by atoms with Gasteiger partial charge >= 0.3 is 0 Å². The fraction of sp³-hybridized carbons (Fsp3) is 0.143. The van der Waals surface area contributed by atoms with Gasteiger partial charge in [-0.2, -0.15) is 0 Å². The standard InChI is InChI=1S/C14H13N3OS/c1-9-3-4-11(10(2)7-9)16-13(18)12-8-19-14-15-5-6-17(12)14/h3-8H,1-2H3,(H,16,18). The van der Waals surface area contributed by atoms with Crippen molar-refractivity contribution < 1.29 is 4.79 Å². The molecule has 1 aromatic carbocycles. The Morgan fingerprint density at radius 2 is 2.21 bits per heavy atom. The number of thiazole rings is 1.